The van der Waals surface area contributed by atoms with Gasteiger partial charge in [0, 0.05) is 65.4 Å². The smallest absolute Gasteiger partial charge is 0.335 e. The van der Waals surface area contributed by atoms with E-state index < -0.39 is 5.97 Å². The van der Waals surface area contributed by atoms with Crippen molar-refractivity contribution in [3.05, 3.63) is 109 Å². The van der Waals surface area contributed by atoms with Gasteiger partial charge >= 0.3 is 5.97 Å². The molecule has 1 unspecified atom stereocenters. The zero-order valence-corrected chi connectivity index (χ0v) is 26.8. The number of rotatable bonds is 11. The predicted molar refractivity (Wildman–Crippen MR) is 181 cm³/mol. The molecule has 1 aliphatic carbocycles. The Morgan fingerprint density at radius 3 is 2.11 bits per heavy atom. The van der Waals surface area contributed by atoms with Gasteiger partial charge in [-0.2, -0.15) is 0 Å². The first-order chi connectivity index (χ1) is 22.1. The van der Waals surface area contributed by atoms with Crippen molar-refractivity contribution >= 4 is 23.4 Å². The van der Waals surface area contributed by atoms with Crippen molar-refractivity contribution in [3.63, 3.8) is 0 Å². The van der Waals surface area contributed by atoms with Crippen molar-refractivity contribution in [3.8, 4) is 0 Å². The quantitative estimate of drug-likeness (QED) is 0.185. The van der Waals surface area contributed by atoms with Gasteiger partial charge in [0.15, 0.2) is 0 Å². The summed E-state index contributed by atoms with van der Waals surface area (Å²) >= 11 is 1.66. The Labute approximate surface area is 271 Å². The summed E-state index contributed by atoms with van der Waals surface area (Å²) in [6.45, 7) is 6.89. The van der Waals surface area contributed by atoms with Crippen LogP contribution in [0.5, 0.6) is 0 Å². The van der Waals surface area contributed by atoms with Gasteiger partial charge in [0.1, 0.15) is 0 Å². The number of benzene rings is 3. The zero-order chi connectivity index (χ0) is 30.6. The summed E-state index contributed by atoms with van der Waals surface area (Å²) in [5, 5.41) is 9.13. The molecule has 3 fully saturated rings. The molecule has 3 heterocycles. The maximum Gasteiger partial charge on any atom is 0.335 e. The highest BCUT2D eigenvalue weighted by Crippen LogP contribution is 2.51. The number of hydrogen-bond donors (Lipinski definition) is 1. The highest BCUT2D eigenvalue weighted by molar-refractivity contribution is 7.99. The van der Waals surface area contributed by atoms with E-state index in [-0.39, 0.29) is 5.41 Å². The number of carboxylic acids is 1. The second-order valence-electron chi connectivity index (χ2n) is 13.4. The first-order valence-corrected chi connectivity index (χ1v) is 17.5. The van der Waals surface area contributed by atoms with Crippen molar-refractivity contribution in [2.75, 3.05) is 37.6 Å². The molecular weight excluding hydrogens is 577 g/mol. The van der Waals surface area contributed by atoms with Crippen LogP contribution in [0, 0.1) is 17.8 Å². The second-order valence-corrected chi connectivity index (χ2v) is 14.5. The van der Waals surface area contributed by atoms with Crippen LogP contribution >= 0.6 is 11.8 Å². The topological polar surface area (TPSA) is 61.6 Å². The Hall–Kier alpha value is -3.55. The van der Waals surface area contributed by atoms with E-state index in [1.54, 1.807) is 29.5 Å². The van der Waals surface area contributed by atoms with Crippen molar-refractivity contribution in [2.24, 2.45) is 17.8 Å². The van der Waals surface area contributed by atoms with Crippen LogP contribution in [0.2, 0.25) is 0 Å². The van der Waals surface area contributed by atoms with Crippen LogP contribution in [0.3, 0.4) is 0 Å². The minimum Gasteiger partial charge on any atom is -0.478 e. The van der Waals surface area contributed by atoms with E-state index in [4.69, 9.17) is 5.11 Å². The van der Waals surface area contributed by atoms with E-state index in [0.717, 1.165) is 36.4 Å². The minimum absolute atomic E-state index is 0.171. The van der Waals surface area contributed by atoms with Gasteiger partial charge in [-0.05, 0) is 105 Å². The van der Waals surface area contributed by atoms with Gasteiger partial charge in [0.2, 0.25) is 0 Å². The molecule has 3 aliphatic rings. The third-order valence-electron chi connectivity index (χ3n) is 10.7. The molecule has 1 saturated carbocycles. The molecule has 1 N–H and O–H groups in total. The molecule has 7 rings (SSSR count). The summed E-state index contributed by atoms with van der Waals surface area (Å²) in [6, 6.07) is 27.4. The van der Waals surface area contributed by atoms with Crippen molar-refractivity contribution in [2.45, 2.75) is 60.3 Å². The van der Waals surface area contributed by atoms with Gasteiger partial charge in [-0.3, -0.25) is 0 Å². The molecule has 45 heavy (non-hydrogen) atoms. The Balaban J connectivity index is 0.943. The predicted octanol–water partition coefficient (Wildman–Crippen LogP) is 7.71. The Morgan fingerprint density at radius 1 is 0.844 bits per heavy atom. The summed E-state index contributed by atoms with van der Waals surface area (Å²) in [4.78, 5) is 23.0. The molecule has 0 radical (unpaired) electrons. The van der Waals surface area contributed by atoms with Crippen LogP contribution in [0.1, 0.15) is 54.4 Å². The monoisotopic (exact) mass is 620 g/mol. The molecule has 0 amide bonds. The number of aromatic nitrogens is 2. The summed E-state index contributed by atoms with van der Waals surface area (Å²) in [5.41, 5.74) is 3.32. The van der Waals surface area contributed by atoms with E-state index in [9.17, 15) is 4.79 Å². The molecule has 2 saturated heterocycles. The van der Waals surface area contributed by atoms with E-state index in [1.165, 1.54) is 68.7 Å². The van der Waals surface area contributed by atoms with Crippen molar-refractivity contribution < 1.29 is 9.90 Å². The summed E-state index contributed by atoms with van der Waals surface area (Å²) in [6.07, 6.45) is 14.1. The van der Waals surface area contributed by atoms with Crippen LogP contribution in [0.15, 0.2) is 107 Å². The third kappa shape index (κ3) is 6.56. The highest BCUT2D eigenvalue weighted by Gasteiger charge is 2.48. The lowest BCUT2D eigenvalue weighted by atomic mass is 9.59. The Kier molecular flexibility index (Phi) is 8.99. The van der Waals surface area contributed by atoms with Crippen LogP contribution in [0.4, 0.5) is 5.69 Å². The van der Waals surface area contributed by atoms with Crippen LogP contribution in [-0.2, 0) is 12.0 Å². The fraction of sp³-hybridized carbons (Fsp3) is 0.421. The summed E-state index contributed by atoms with van der Waals surface area (Å²) < 4.78 is 2.35. The average molecular weight is 621 g/mol. The number of carbonyl (C=O) groups is 1. The second kappa shape index (κ2) is 13.4. The minimum atomic E-state index is -0.890. The largest absolute Gasteiger partial charge is 0.478 e. The van der Waals surface area contributed by atoms with Gasteiger partial charge in [-0.25, -0.2) is 9.78 Å². The maximum absolute atomic E-state index is 11.1. The normalized spacial score (nSPS) is 19.8. The highest BCUT2D eigenvalue weighted by atomic mass is 32.2. The van der Waals surface area contributed by atoms with Crippen LogP contribution in [-0.4, -0.2) is 58.3 Å². The lowest BCUT2D eigenvalue weighted by molar-refractivity contribution is 0.0646. The molecule has 6 nitrogen and oxygen atoms in total. The number of piperidine rings is 1. The third-order valence-corrected chi connectivity index (χ3v) is 11.7. The number of imidazole rings is 1. The lowest BCUT2D eigenvalue weighted by Gasteiger charge is -2.50. The Bertz CT molecular complexity index is 1520. The summed E-state index contributed by atoms with van der Waals surface area (Å²) in [5.74, 6) is 1.26. The van der Waals surface area contributed by atoms with E-state index in [0.29, 0.717) is 11.5 Å². The van der Waals surface area contributed by atoms with E-state index in [1.807, 2.05) is 24.7 Å². The standard InChI is InChI=1S/C38H44N4O2S/c43-37(44)30-10-14-35(15-11-30)45-36-16-12-34(13-17-36)42-25-29(26-42)24-40-21-18-33(19-22-40)38(32-8-4-5-9-32,27-41-23-20-39-28-41)31-6-2-1-3-7-31/h1-3,6-7,10-17,20,23,28-29,32-33H,4-5,8-9,18-19,21-22,24-27H2,(H,43,44). The van der Waals surface area contributed by atoms with Crippen molar-refractivity contribution in [1.82, 2.24) is 14.5 Å². The fourth-order valence-corrected chi connectivity index (χ4v) is 9.26. The molecule has 7 heteroatoms. The molecular formula is C38H44N4O2S. The van der Waals surface area contributed by atoms with E-state index >= 15 is 0 Å². The first kappa shape index (κ1) is 30.1. The zero-order valence-electron chi connectivity index (χ0n) is 26.0. The van der Waals surface area contributed by atoms with Gasteiger partial charge in [-0.1, -0.05) is 54.9 Å². The number of carboxylic acid groups (broad SMARTS) is 1. The van der Waals surface area contributed by atoms with Gasteiger partial charge < -0.3 is 19.5 Å². The number of aromatic carboxylic acids is 1. The number of nitrogens with zero attached hydrogens (tertiary/aromatic N) is 4. The number of likely N-dealkylation sites (tertiary alicyclic amines) is 1. The molecule has 0 spiro atoms. The number of hydrogen-bond acceptors (Lipinski definition) is 5. The van der Waals surface area contributed by atoms with Gasteiger partial charge in [-0.15, -0.1) is 0 Å². The Morgan fingerprint density at radius 2 is 1.49 bits per heavy atom. The molecule has 2 aliphatic heterocycles. The molecule has 0 bridgehead atoms. The molecule has 1 aromatic heterocycles. The SMILES string of the molecule is O=C(O)c1ccc(Sc2ccc(N3CC(CN4CCC(C(Cn5ccnc5)(c5ccccc5)C5CCCC5)CC4)C3)cc2)cc1. The summed E-state index contributed by atoms with van der Waals surface area (Å²) in [7, 11) is 0. The lowest BCUT2D eigenvalue weighted by Crippen LogP contribution is -2.54. The van der Waals surface area contributed by atoms with Gasteiger partial charge in [0.25, 0.3) is 0 Å². The van der Waals surface area contributed by atoms with E-state index in [2.05, 4.69) is 80.1 Å². The molecule has 4 aromatic rings. The first-order valence-electron chi connectivity index (χ1n) is 16.7. The molecule has 234 valence electrons. The average Bonchev–Trinajstić information content (AvgIpc) is 3.79. The van der Waals surface area contributed by atoms with Gasteiger partial charge in [0.05, 0.1) is 11.9 Å². The van der Waals surface area contributed by atoms with Crippen LogP contribution < -0.4 is 4.90 Å². The van der Waals surface area contributed by atoms with Crippen molar-refractivity contribution in [1.29, 1.82) is 0 Å². The number of anilines is 1. The maximum atomic E-state index is 11.1. The molecule has 3 aromatic carbocycles. The fourth-order valence-electron chi connectivity index (χ4n) is 8.44. The van der Waals surface area contributed by atoms with Crippen LogP contribution in [0.25, 0.3) is 0 Å². The molecule has 1 atom stereocenters.